The third-order valence-electron chi connectivity index (χ3n) is 6.01. The first-order valence-corrected chi connectivity index (χ1v) is 8.94. The minimum Gasteiger partial charge on any atom is -0.356 e. The second-order valence-electron chi connectivity index (χ2n) is 7.53. The molecule has 0 radical (unpaired) electrons. The molecule has 1 aromatic rings. The molecule has 0 unspecified atom stereocenters. The van der Waals surface area contributed by atoms with E-state index in [1.165, 1.54) is 12.8 Å². The van der Waals surface area contributed by atoms with E-state index in [9.17, 15) is 4.79 Å². The highest BCUT2D eigenvalue weighted by Crippen LogP contribution is 2.43. The molecule has 4 rings (SSSR count). The highest BCUT2D eigenvalue weighted by molar-refractivity contribution is 5.78. The maximum atomic E-state index is 12.4. The maximum absolute atomic E-state index is 12.4. The van der Waals surface area contributed by atoms with Crippen LogP contribution < -0.4 is 5.32 Å². The van der Waals surface area contributed by atoms with Crippen LogP contribution in [0.1, 0.15) is 38.5 Å². The number of tetrazole rings is 1. The largest absolute Gasteiger partial charge is 0.356 e. The van der Waals surface area contributed by atoms with Gasteiger partial charge in [-0.25, -0.2) is 4.68 Å². The van der Waals surface area contributed by atoms with Crippen molar-refractivity contribution in [1.82, 2.24) is 25.5 Å². The Labute approximate surface area is 136 Å². The van der Waals surface area contributed by atoms with Crippen LogP contribution in [0.2, 0.25) is 0 Å². The van der Waals surface area contributed by atoms with Crippen molar-refractivity contribution in [2.24, 2.45) is 29.6 Å². The van der Waals surface area contributed by atoms with E-state index < -0.39 is 0 Å². The lowest BCUT2D eigenvalue weighted by Crippen LogP contribution is -2.37. The predicted octanol–water partition coefficient (Wildman–Crippen LogP) is 1.81. The molecule has 1 heterocycles. The van der Waals surface area contributed by atoms with Crippen LogP contribution in [0.5, 0.6) is 0 Å². The molecule has 3 atom stereocenters. The normalized spacial score (nSPS) is 35.6. The number of allylic oxidation sites excluding steroid dienone is 2. The Hall–Kier alpha value is -1.72. The molecule has 23 heavy (non-hydrogen) atoms. The van der Waals surface area contributed by atoms with Gasteiger partial charge in [0.2, 0.25) is 5.91 Å². The third kappa shape index (κ3) is 3.31. The summed E-state index contributed by atoms with van der Waals surface area (Å²) >= 11 is 0. The van der Waals surface area contributed by atoms with E-state index in [0.717, 1.165) is 44.7 Å². The van der Waals surface area contributed by atoms with Gasteiger partial charge in [-0.2, -0.15) is 0 Å². The lowest BCUT2D eigenvalue weighted by atomic mass is 9.81. The van der Waals surface area contributed by atoms with Crippen molar-refractivity contribution < 1.29 is 4.79 Å². The van der Waals surface area contributed by atoms with E-state index in [2.05, 4.69) is 33.0 Å². The van der Waals surface area contributed by atoms with Crippen molar-refractivity contribution in [1.29, 1.82) is 0 Å². The number of hydrogen-bond donors (Lipinski definition) is 1. The average Bonchev–Trinajstić information content (AvgIpc) is 3.31. The molecule has 2 bridgehead atoms. The van der Waals surface area contributed by atoms with Crippen molar-refractivity contribution in [3.8, 4) is 0 Å². The van der Waals surface area contributed by atoms with Gasteiger partial charge >= 0.3 is 0 Å². The number of rotatable bonds is 5. The van der Waals surface area contributed by atoms with Crippen LogP contribution in [-0.4, -0.2) is 32.7 Å². The summed E-state index contributed by atoms with van der Waals surface area (Å²) in [5, 5.41) is 14.5. The van der Waals surface area contributed by atoms with Crippen LogP contribution in [0, 0.1) is 29.6 Å². The molecule has 0 aliphatic heterocycles. The number of carbonyl (C=O) groups excluding carboxylic acids is 1. The second-order valence-corrected chi connectivity index (χ2v) is 7.53. The van der Waals surface area contributed by atoms with Gasteiger partial charge in [0, 0.05) is 19.0 Å². The van der Waals surface area contributed by atoms with Gasteiger partial charge in [0.25, 0.3) is 0 Å². The summed E-state index contributed by atoms with van der Waals surface area (Å²) in [6.45, 7) is 1.74. The van der Waals surface area contributed by atoms with Crippen molar-refractivity contribution in [3.05, 3.63) is 18.5 Å². The van der Waals surface area contributed by atoms with E-state index in [-0.39, 0.29) is 11.8 Å². The number of aromatic nitrogens is 4. The van der Waals surface area contributed by atoms with Gasteiger partial charge in [0.15, 0.2) is 0 Å². The van der Waals surface area contributed by atoms with Gasteiger partial charge in [0.05, 0.1) is 0 Å². The topological polar surface area (TPSA) is 72.7 Å². The fraction of sp³-hybridized carbons (Fsp3) is 0.765. The van der Waals surface area contributed by atoms with E-state index in [1.54, 1.807) is 11.0 Å². The van der Waals surface area contributed by atoms with Gasteiger partial charge in [-0.1, -0.05) is 12.2 Å². The average molecular weight is 315 g/mol. The highest BCUT2D eigenvalue weighted by Gasteiger charge is 2.36. The number of hydrogen-bond acceptors (Lipinski definition) is 4. The molecule has 6 heteroatoms. The monoisotopic (exact) mass is 315 g/mol. The lowest BCUT2D eigenvalue weighted by Gasteiger charge is -2.28. The predicted molar refractivity (Wildman–Crippen MR) is 85.1 cm³/mol. The first-order chi connectivity index (χ1) is 11.3. The molecule has 6 nitrogen and oxygen atoms in total. The Morgan fingerprint density at radius 3 is 2.70 bits per heavy atom. The van der Waals surface area contributed by atoms with Crippen LogP contribution in [0.3, 0.4) is 0 Å². The molecule has 1 N–H and O–H groups in total. The standard InChI is InChI=1S/C17H25N5O/c23-17(18-9-16-8-13-3-6-15(16)7-13)14-4-1-12(2-5-14)10-22-11-19-20-21-22/h3,6,11-16H,1-2,4-5,7-10H2,(H,18,23)/t12?,13-,14?,15+,16+/m0/s1. The first-order valence-electron chi connectivity index (χ1n) is 8.94. The van der Waals surface area contributed by atoms with Crippen molar-refractivity contribution >= 4 is 5.91 Å². The smallest absolute Gasteiger partial charge is 0.223 e. The summed E-state index contributed by atoms with van der Waals surface area (Å²) in [5.74, 6) is 3.24. The summed E-state index contributed by atoms with van der Waals surface area (Å²) < 4.78 is 1.80. The highest BCUT2D eigenvalue weighted by atomic mass is 16.1. The van der Waals surface area contributed by atoms with Crippen molar-refractivity contribution in [3.63, 3.8) is 0 Å². The Morgan fingerprint density at radius 1 is 1.17 bits per heavy atom. The Balaban J connectivity index is 1.19. The fourth-order valence-electron chi connectivity index (χ4n) is 4.64. The minimum atomic E-state index is 0.203. The third-order valence-corrected chi connectivity index (χ3v) is 6.01. The molecule has 2 saturated carbocycles. The van der Waals surface area contributed by atoms with Gasteiger partial charge in [-0.3, -0.25) is 4.79 Å². The Kier molecular flexibility index (Phi) is 4.14. The molecular formula is C17H25N5O. The number of carbonyl (C=O) groups is 1. The second kappa shape index (κ2) is 6.42. The quantitative estimate of drug-likeness (QED) is 0.841. The van der Waals surface area contributed by atoms with Crippen molar-refractivity contribution in [2.75, 3.05) is 6.54 Å². The molecule has 0 spiro atoms. The molecule has 0 saturated heterocycles. The zero-order valence-corrected chi connectivity index (χ0v) is 13.5. The van der Waals surface area contributed by atoms with E-state index in [4.69, 9.17) is 0 Å². The van der Waals surface area contributed by atoms with Gasteiger partial charge in [-0.05, 0) is 72.6 Å². The Morgan fingerprint density at radius 2 is 2.04 bits per heavy atom. The van der Waals surface area contributed by atoms with Crippen LogP contribution in [0.25, 0.3) is 0 Å². The van der Waals surface area contributed by atoms with Crippen LogP contribution in [0.4, 0.5) is 0 Å². The molecule has 0 aromatic carbocycles. The van der Waals surface area contributed by atoms with E-state index in [1.807, 2.05) is 0 Å². The molecule has 2 fully saturated rings. The van der Waals surface area contributed by atoms with Gasteiger partial charge in [-0.15, -0.1) is 5.10 Å². The van der Waals surface area contributed by atoms with Gasteiger partial charge in [0.1, 0.15) is 6.33 Å². The first kappa shape index (κ1) is 14.8. The zero-order chi connectivity index (χ0) is 15.6. The van der Waals surface area contributed by atoms with E-state index >= 15 is 0 Å². The Bertz CT molecular complexity index is 562. The van der Waals surface area contributed by atoms with Crippen LogP contribution in [0.15, 0.2) is 18.5 Å². The van der Waals surface area contributed by atoms with Crippen LogP contribution >= 0.6 is 0 Å². The number of nitrogens with one attached hydrogen (secondary N) is 1. The summed E-state index contributed by atoms with van der Waals surface area (Å²) in [7, 11) is 0. The summed E-state index contributed by atoms with van der Waals surface area (Å²) in [6.07, 6.45) is 13.1. The lowest BCUT2D eigenvalue weighted by molar-refractivity contribution is -0.126. The number of fused-ring (bicyclic) bond motifs is 2. The van der Waals surface area contributed by atoms with Crippen LogP contribution in [-0.2, 0) is 11.3 Å². The minimum absolute atomic E-state index is 0.203. The molecule has 3 aliphatic rings. The molecule has 3 aliphatic carbocycles. The number of amides is 1. The van der Waals surface area contributed by atoms with Crippen molar-refractivity contribution in [2.45, 2.75) is 45.1 Å². The molecule has 1 aromatic heterocycles. The summed E-state index contributed by atoms with van der Waals surface area (Å²) in [6, 6.07) is 0. The maximum Gasteiger partial charge on any atom is 0.223 e. The van der Waals surface area contributed by atoms with Gasteiger partial charge < -0.3 is 5.32 Å². The van der Waals surface area contributed by atoms with E-state index in [0.29, 0.717) is 17.8 Å². The molecule has 124 valence electrons. The number of nitrogens with zero attached hydrogens (tertiary/aromatic N) is 4. The molecule has 1 amide bonds. The summed E-state index contributed by atoms with van der Waals surface area (Å²) in [5.41, 5.74) is 0. The zero-order valence-electron chi connectivity index (χ0n) is 13.5. The SMILES string of the molecule is O=C(NC[C@H]1C[C@H]2C=C[C@@H]1C2)C1CCC(Cn2cnnn2)CC1. The molecular weight excluding hydrogens is 290 g/mol. The fourth-order valence-corrected chi connectivity index (χ4v) is 4.64. The summed E-state index contributed by atoms with van der Waals surface area (Å²) in [4.78, 5) is 12.4.